The Bertz CT molecular complexity index is 5950. The molecule has 13 aromatic rings. The van der Waals surface area contributed by atoms with Crippen molar-refractivity contribution in [2.45, 2.75) is 97.6 Å². The highest BCUT2D eigenvalue weighted by Crippen LogP contribution is 2.63. The molecule has 19 rings (SSSR count). The minimum Gasteiger partial charge on any atom is -0.497 e. The molecule has 6 aliphatic carbocycles. The Morgan fingerprint density at radius 2 is 0.598 bits per heavy atom. The zero-order valence-corrected chi connectivity index (χ0v) is 74.3. The zero-order chi connectivity index (χ0) is 92.1. The van der Waals surface area contributed by atoms with E-state index in [0.29, 0.717) is 0 Å². The van der Waals surface area contributed by atoms with E-state index >= 15 is 0 Å². The fraction of sp³-hybridized carbons (Fsp3) is 0.232. The number of carboxylic acids is 4. The molecular weight excluding hydrogens is 1720 g/mol. The third kappa shape index (κ3) is 19.4. The molecule has 0 heterocycles. The highest BCUT2D eigenvalue weighted by molar-refractivity contribution is 6.48. The normalized spacial score (nSPS) is 23.9. The van der Waals surface area contributed by atoms with Crippen molar-refractivity contribution in [2.24, 2.45) is 47.3 Å². The lowest BCUT2D eigenvalue weighted by atomic mass is 9.52. The van der Waals surface area contributed by atoms with E-state index < -0.39 is 125 Å². The van der Waals surface area contributed by atoms with Crippen molar-refractivity contribution in [3.63, 3.8) is 0 Å². The highest BCUT2D eigenvalue weighted by atomic mass is 35.5. The van der Waals surface area contributed by atoms with E-state index in [1.54, 1.807) is 7.11 Å². The Balaban J connectivity index is 0.000000129. The van der Waals surface area contributed by atoms with Gasteiger partial charge in [-0.2, -0.15) is 0 Å². The number of carbonyl (C=O) groups excluding carboxylic acids is 4. The number of aliphatic carboxylic acids is 4. The molecule has 0 aromatic heterocycles. The lowest BCUT2D eigenvalue weighted by molar-refractivity contribution is -0.171. The van der Waals surface area contributed by atoms with Crippen LogP contribution in [0.1, 0.15) is 152 Å². The number of ether oxygens (including phenoxy) is 5. The smallest absolute Gasteiger partial charge is 0.315 e. The third-order valence-corrected chi connectivity index (χ3v) is 28.5. The second-order valence-electron chi connectivity index (χ2n) is 34.2. The molecule has 668 valence electrons. The van der Waals surface area contributed by atoms with Crippen molar-refractivity contribution >= 4 is 82.6 Å². The van der Waals surface area contributed by atoms with Gasteiger partial charge in [-0.15, -0.1) is 0 Å². The van der Waals surface area contributed by atoms with E-state index in [9.17, 15) is 58.8 Å². The summed E-state index contributed by atoms with van der Waals surface area (Å²) >= 11 is 18.2. The molecule has 5 fully saturated rings. The number of halogens is 3. The molecule has 132 heavy (non-hydrogen) atoms. The molecule has 0 amide bonds. The van der Waals surface area contributed by atoms with Crippen LogP contribution in [-0.2, 0) is 59.2 Å². The van der Waals surface area contributed by atoms with Gasteiger partial charge < -0.3 is 44.1 Å². The molecule has 0 radical (unpaired) electrons. The maximum Gasteiger partial charge on any atom is 0.315 e. The van der Waals surface area contributed by atoms with Crippen LogP contribution in [0.4, 0.5) is 0 Å². The van der Waals surface area contributed by atoms with Gasteiger partial charge in [0.05, 0.1) is 64.5 Å². The van der Waals surface area contributed by atoms with Crippen molar-refractivity contribution in [1.29, 1.82) is 0 Å². The Hall–Kier alpha value is -13.7. The molecule has 0 saturated heterocycles. The molecule has 0 bridgehead atoms. The molecule has 0 aliphatic heterocycles. The highest BCUT2D eigenvalue weighted by Gasteiger charge is 2.63. The van der Waals surface area contributed by atoms with Crippen LogP contribution in [-0.4, -0.2) is 88.0 Å². The third-order valence-electron chi connectivity index (χ3n) is 27.2. The van der Waals surface area contributed by atoms with Crippen LogP contribution in [0.2, 0.25) is 15.1 Å². The van der Waals surface area contributed by atoms with E-state index in [-0.39, 0.29) is 69.9 Å². The van der Waals surface area contributed by atoms with E-state index in [1.807, 2.05) is 309 Å². The fourth-order valence-corrected chi connectivity index (χ4v) is 21.7. The van der Waals surface area contributed by atoms with Crippen molar-refractivity contribution in [2.75, 3.05) is 13.7 Å². The largest absolute Gasteiger partial charge is 0.497 e. The summed E-state index contributed by atoms with van der Waals surface area (Å²) in [5.41, 5.74) is 13.4. The molecule has 13 aromatic carbocycles. The molecule has 5 saturated carbocycles. The maximum absolute atomic E-state index is 13.8. The summed E-state index contributed by atoms with van der Waals surface area (Å²) in [7, 11) is 1.60. The topological polar surface area (TPSA) is 264 Å². The Labute approximate surface area is 780 Å². The summed E-state index contributed by atoms with van der Waals surface area (Å²) in [5.74, 6) is -13.1. The number of carbonyl (C=O) groups is 8. The van der Waals surface area contributed by atoms with E-state index in [4.69, 9.17) is 58.5 Å². The van der Waals surface area contributed by atoms with E-state index in [1.165, 1.54) is 28.8 Å². The predicted molar refractivity (Wildman–Crippen MR) is 504 cm³/mol. The average molecular weight is 1820 g/mol. The summed E-state index contributed by atoms with van der Waals surface area (Å²) < 4.78 is 28.7. The molecule has 6 aliphatic rings. The minimum atomic E-state index is -0.959. The number of hydrogen-bond donors (Lipinski definition) is 4. The average Bonchev–Trinajstić information content (AvgIpc) is 1.11. The zero-order valence-electron chi connectivity index (χ0n) is 72.0. The van der Waals surface area contributed by atoms with Crippen LogP contribution >= 0.6 is 34.8 Å². The van der Waals surface area contributed by atoms with Crippen LogP contribution in [0, 0.1) is 47.3 Å². The van der Waals surface area contributed by atoms with Crippen molar-refractivity contribution in [3.05, 3.63) is 440 Å². The summed E-state index contributed by atoms with van der Waals surface area (Å²) in [6.45, 7) is 0.351. The minimum absolute atomic E-state index is 0.0316. The summed E-state index contributed by atoms with van der Waals surface area (Å²) in [5, 5.41) is 40.7. The number of rotatable bonds is 24. The van der Waals surface area contributed by atoms with Gasteiger partial charge in [-0.1, -0.05) is 375 Å². The van der Waals surface area contributed by atoms with Gasteiger partial charge in [0.1, 0.15) is 30.1 Å². The van der Waals surface area contributed by atoms with E-state index in [0.717, 1.165) is 92.6 Å². The lowest BCUT2D eigenvalue weighted by Gasteiger charge is -2.49. The Morgan fingerprint density at radius 1 is 0.303 bits per heavy atom. The number of benzene rings is 13. The first-order chi connectivity index (χ1) is 64.3. The molecule has 17 nitrogen and oxygen atoms in total. The van der Waals surface area contributed by atoms with Crippen LogP contribution in [0.3, 0.4) is 0 Å². The summed E-state index contributed by atoms with van der Waals surface area (Å²) in [4.78, 5) is 103. The van der Waals surface area contributed by atoms with Gasteiger partial charge in [0.25, 0.3) is 0 Å². The predicted octanol–water partition coefficient (Wildman–Crippen LogP) is 23.5. The summed E-state index contributed by atoms with van der Waals surface area (Å²) in [6, 6.07) is 112. The second-order valence-corrected chi connectivity index (χ2v) is 35.4. The van der Waals surface area contributed by atoms with Gasteiger partial charge in [-0.05, 0) is 121 Å². The summed E-state index contributed by atoms with van der Waals surface area (Å²) in [6.07, 6.45) is 3.81. The molecule has 10 atom stereocenters. The maximum atomic E-state index is 13.8. The van der Waals surface area contributed by atoms with E-state index in [2.05, 4.69) is 36.4 Å². The Kier molecular flexibility index (Phi) is 29.2. The number of fused-ring (bicyclic) bond motifs is 3. The first-order valence-corrected chi connectivity index (χ1v) is 45.5. The van der Waals surface area contributed by atoms with Gasteiger partial charge in [0, 0.05) is 59.2 Å². The molecular formula is C112H97Cl3O17. The van der Waals surface area contributed by atoms with Crippen molar-refractivity contribution in [3.8, 4) is 22.6 Å². The first kappa shape index (κ1) is 91.6. The fourth-order valence-electron chi connectivity index (χ4n) is 21.1. The van der Waals surface area contributed by atoms with Crippen LogP contribution in [0.5, 0.6) is 11.5 Å². The van der Waals surface area contributed by atoms with Gasteiger partial charge in [0.2, 0.25) is 0 Å². The van der Waals surface area contributed by atoms with Gasteiger partial charge >= 0.3 is 47.8 Å². The second kappa shape index (κ2) is 42.0. The quantitative estimate of drug-likeness (QED) is 0.0190. The number of methoxy groups -OCH3 is 1. The van der Waals surface area contributed by atoms with Gasteiger partial charge in [-0.3, -0.25) is 38.4 Å². The van der Waals surface area contributed by atoms with Crippen molar-refractivity contribution < 1.29 is 82.5 Å². The molecule has 20 heteroatoms. The molecule has 1 unspecified atom stereocenters. The number of carboxylic acid groups (broad SMARTS) is 4. The molecule has 4 N–H and O–H groups in total. The van der Waals surface area contributed by atoms with Gasteiger partial charge in [-0.25, -0.2) is 0 Å². The van der Waals surface area contributed by atoms with Crippen LogP contribution in [0.25, 0.3) is 11.1 Å². The van der Waals surface area contributed by atoms with Gasteiger partial charge in [0.15, 0.2) is 5.75 Å². The number of hydrogen-bond acceptors (Lipinski definition) is 13. The van der Waals surface area contributed by atoms with Crippen LogP contribution < -0.4 is 9.47 Å². The number of esters is 4. The SMILES string of the molecule is COc1ccc(COC(=O)C2[C@@H](c3ccccc3)C(C(=O)O)[C@@H]2c2ccccc2)cc1.O=C(O)C1[C@H](c2ccccc2)C(C(=O)OC2CCCC[C@H]2c2ccccc2)[C@H]1c1ccccc1.O=C(O)C1[C@H](c2ccccc2)C(C(=O)OCC2c3ccccc3-c3ccccc32)[C@H]1c1ccccc1.O=C(O)C1[C@H](c2ccccc2)C(C(=O)Oc2ccc(Cl)c(Cl)c2Cl)[C@H]1c1ccccc1. The monoisotopic (exact) mass is 1820 g/mol. The lowest BCUT2D eigenvalue weighted by Crippen LogP contribution is -2.52. The molecule has 0 spiro atoms. The first-order valence-electron chi connectivity index (χ1n) is 44.4. The Morgan fingerprint density at radius 3 is 0.932 bits per heavy atom. The standard InChI is InChI=1S/C32H26O4.C30H30O4.C26H24O5.C24H17Cl3O4/c33-31(34)29-27(20-11-3-1-4-12-20)30(28(29)21-13-5-2-6-14-21)32(35)36-19-26-24-17-9-7-15-22(24)23-16-8-10-18-25(23)26;31-29(32)27-25(21-14-6-2-7-15-21)28(26(27)22-16-8-3-9-17-22)30(33)34-24-19-11-10-18-23(24)20-12-4-1-5-13-20;1-30-20-14-12-17(13-15-20)16-31-26(29)24-21(18-8-4-2-5-9-18)23(25(27)28)22(24)19-10-6-3-7-11-19;25-15-11-12-16(22(27)21(15)26)31-24(30)20-17(13-7-3-1-4-8-13)19(23(28)29)18(20)14-9-5-2-6-10-14/h1-18,26-30H,19H2,(H,33,34);1-9,12-17,23-28H,10-11,18-19H2,(H,31,32);2-15,21-24H,16H2,1H3,(H,27,28);1-12,17-20H,(H,28,29)/t27-,28-,29?,30?;23-,24?,25-,26-,27?,28?;21-,22-,23?,24?;17-,18-,19?,20?/m0000/s1. The van der Waals surface area contributed by atoms with Crippen LogP contribution in [0.15, 0.2) is 358 Å². The van der Waals surface area contributed by atoms with Crippen molar-refractivity contribution in [1.82, 2.24) is 0 Å².